The topological polar surface area (TPSA) is 101 Å². The SMILES string of the molecule is CCNC(=O)CN(CC)c1nc(Cl)nc(C)c1[N+](=O)[O-]. The number of anilines is 1. The van der Waals surface area contributed by atoms with Gasteiger partial charge in [0.1, 0.15) is 5.69 Å². The Hall–Kier alpha value is -1.96. The molecule has 0 fully saturated rings. The summed E-state index contributed by atoms with van der Waals surface area (Å²) in [7, 11) is 0. The molecule has 0 atom stereocenters. The van der Waals surface area contributed by atoms with Crippen molar-refractivity contribution in [2.75, 3.05) is 24.5 Å². The maximum absolute atomic E-state index is 11.6. The lowest BCUT2D eigenvalue weighted by molar-refractivity contribution is -0.385. The van der Waals surface area contributed by atoms with Crippen molar-refractivity contribution in [2.45, 2.75) is 20.8 Å². The number of aryl methyl sites for hydroxylation is 1. The number of nitrogens with one attached hydrogen (secondary N) is 1. The molecule has 0 bridgehead atoms. The van der Waals surface area contributed by atoms with Crippen LogP contribution in [0.2, 0.25) is 5.28 Å². The largest absolute Gasteiger partial charge is 0.355 e. The Morgan fingerprint density at radius 1 is 1.45 bits per heavy atom. The van der Waals surface area contributed by atoms with Crippen LogP contribution in [0.3, 0.4) is 0 Å². The van der Waals surface area contributed by atoms with Crippen molar-refractivity contribution >= 4 is 29.0 Å². The van der Waals surface area contributed by atoms with Gasteiger partial charge in [-0.25, -0.2) is 4.98 Å². The number of likely N-dealkylation sites (N-methyl/N-ethyl adjacent to an activating group) is 2. The van der Waals surface area contributed by atoms with Gasteiger partial charge < -0.3 is 10.2 Å². The molecule has 0 aliphatic rings. The van der Waals surface area contributed by atoms with E-state index < -0.39 is 4.92 Å². The fraction of sp³-hybridized carbons (Fsp3) is 0.545. The standard InChI is InChI=1S/C11H16ClN5O3/c1-4-13-8(18)6-16(5-2)10-9(17(19)20)7(3)14-11(12)15-10/h4-6H2,1-3H3,(H,13,18). The van der Waals surface area contributed by atoms with E-state index in [4.69, 9.17) is 11.6 Å². The van der Waals surface area contributed by atoms with Crippen LogP contribution in [0.5, 0.6) is 0 Å². The Bertz CT molecular complexity index is 523. The van der Waals surface area contributed by atoms with Crippen LogP contribution in [0.15, 0.2) is 0 Å². The smallest absolute Gasteiger partial charge is 0.332 e. The summed E-state index contributed by atoms with van der Waals surface area (Å²) < 4.78 is 0. The minimum absolute atomic E-state index is 0.0298. The summed E-state index contributed by atoms with van der Waals surface area (Å²) in [4.78, 5) is 31.4. The lowest BCUT2D eigenvalue weighted by atomic mass is 10.3. The summed E-state index contributed by atoms with van der Waals surface area (Å²) in [5.74, 6) is -0.183. The van der Waals surface area contributed by atoms with Crippen LogP contribution in [-0.2, 0) is 4.79 Å². The highest BCUT2D eigenvalue weighted by Gasteiger charge is 2.26. The zero-order valence-electron chi connectivity index (χ0n) is 11.5. The molecule has 9 heteroatoms. The van der Waals surface area contributed by atoms with Crippen LogP contribution in [0.1, 0.15) is 19.5 Å². The molecule has 0 aliphatic heterocycles. The van der Waals surface area contributed by atoms with Crippen LogP contribution >= 0.6 is 11.6 Å². The Balaban J connectivity index is 3.20. The predicted octanol–water partition coefficient (Wildman–Crippen LogP) is 1.31. The monoisotopic (exact) mass is 301 g/mol. The zero-order chi connectivity index (χ0) is 15.3. The van der Waals surface area contributed by atoms with Gasteiger partial charge in [0, 0.05) is 13.1 Å². The highest BCUT2D eigenvalue weighted by molar-refractivity contribution is 6.28. The quantitative estimate of drug-likeness (QED) is 0.483. The first-order valence-corrected chi connectivity index (χ1v) is 6.48. The molecule has 1 amide bonds. The molecule has 1 aromatic rings. The molecule has 0 aromatic carbocycles. The van der Waals surface area contributed by atoms with E-state index >= 15 is 0 Å². The molecule has 1 heterocycles. The van der Waals surface area contributed by atoms with Crippen molar-refractivity contribution in [1.29, 1.82) is 0 Å². The van der Waals surface area contributed by atoms with Gasteiger partial charge >= 0.3 is 5.69 Å². The van der Waals surface area contributed by atoms with Gasteiger partial charge in [-0.1, -0.05) is 0 Å². The van der Waals surface area contributed by atoms with Crippen molar-refractivity contribution in [3.05, 3.63) is 21.1 Å². The Labute approximate surface area is 121 Å². The second kappa shape index (κ2) is 6.99. The van der Waals surface area contributed by atoms with E-state index in [1.165, 1.54) is 11.8 Å². The van der Waals surface area contributed by atoms with Gasteiger partial charge in [0.15, 0.2) is 0 Å². The van der Waals surface area contributed by atoms with Gasteiger partial charge in [-0.15, -0.1) is 0 Å². The third-order valence-corrected chi connectivity index (χ3v) is 2.75. The first kappa shape index (κ1) is 16.1. The zero-order valence-corrected chi connectivity index (χ0v) is 12.3. The third-order valence-electron chi connectivity index (χ3n) is 2.58. The minimum Gasteiger partial charge on any atom is -0.355 e. The Morgan fingerprint density at radius 2 is 2.10 bits per heavy atom. The summed E-state index contributed by atoms with van der Waals surface area (Å²) in [6.07, 6.45) is 0. The van der Waals surface area contributed by atoms with E-state index in [1.807, 2.05) is 0 Å². The molecule has 0 aliphatic carbocycles. The number of nitrogens with zero attached hydrogens (tertiary/aromatic N) is 4. The molecule has 0 spiro atoms. The summed E-state index contributed by atoms with van der Waals surface area (Å²) >= 11 is 5.75. The normalized spacial score (nSPS) is 10.2. The van der Waals surface area contributed by atoms with E-state index in [2.05, 4.69) is 15.3 Å². The Kier molecular flexibility index (Phi) is 5.63. The molecule has 1 aromatic heterocycles. The number of nitro groups is 1. The van der Waals surface area contributed by atoms with E-state index in [0.29, 0.717) is 13.1 Å². The van der Waals surface area contributed by atoms with Gasteiger partial charge in [0.25, 0.3) is 0 Å². The minimum atomic E-state index is -0.568. The molecular formula is C11H16ClN5O3. The molecule has 8 nitrogen and oxygen atoms in total. The van der Waals surface area contributed by atoms with Crippen molar-refractivity contribution in [1.82, 2.24) is 15.3 Å². The number of amides is 1. The number of rotatable bonds is 6. The lowest BCUT2D eigenvalue weighted by Gasteiger charge is -2.21. The second-order valence-corrected chi connectivity index (χ2v) is 4.31. The molecule has 1 N–H and O–H groups in total. The van der Waals surface area contributed by atoms with Crippen molar-refractivity contribution in [3.8, 4) is 0 Å². The van der Waals surface area contributed by atoms with Gasteiger partial charge in [-0.2, -0.15) is 4.98 Å². The van der Waals surface area contributed by atoms with Crippen LogP contribution in [-0.4, -0.2) is 40.4 Å². The third kappa shape index (κ3) is 3.77. The summed E-state index contributed by atoms with van der Waals surface area (Å²) in [6.45, 7) is 5.89. The fourth-order valence-electron chi connectivity index (χ4n) is 1.72. The molecule has 0 unspecified atom stereocenters. The predicted molar refractivity (Wildman–Crippen MR) is 75.0 cm³/mol. The fourth-order valence-corrected chi connectivity index (χ4v) is 1.92. The van der Waals surface area contributed by atoms with E-state index in [0.717, 1.165) is 0 Å². The average Bonchev–Trinajstić information content (AvgIpc) is 2.34. The van der Waals surface area contributed by atoms with Crippen LogP contribution in [0, 0.1) is 17.0 Å². The molecule has 20 heavy (non-hydrogen) atoms. The number of carbonyl (C=O) groups is 1. The molecule has 0 saturated heterocycles. The number of hydrogen-bond acceptors (Lipinski definition) is 6. The number of halogens is 1. The van der Waals surface area contributed by atoms with Crippen molar-refractivity contribution < 1.29 is 9.72 Å². The second-order valence-electron chi connectivity index (χ2n) is 3.98. The molecule has 110 valence electrons. The maximum Gasteiger partial charge on any atom is 0.332 e. The molecule has 1 rings (SSSR count). The summed E-state index contributed by atoms with van der Waals surface area (Å²) in [5, 5.41) is 13.7. The molecule has 0 saturated carbocycles. The lowest BCUT2D eigenvalue weighted by Crippen LogP contribution is -2.38. The van der Waals surface area contributed by atoms with Crippen LogP contribution < -0.4 is 10.2 Å². The van der Waals surface area contributed by atoms with Gasteiger partial charge in [-0.3, -0.25) is 14.9 Å². The Morgan fingerprint density at radius 3 is 2.60 bits per heavy atom. The number of carbonyl (C=O) groups excluding carboxylic acids is 1. The highest BCUT2D eigenvalue weighted by Crippen LogP contribution is 2.29. The number of aromatic nitrogens is 2. The van der Waals surface area contributed by atoms with Crippen molar-refractivity contribution in [2.24, 2.45) is 0 Å². The first-order valence-electron chi connectivity index (χ1n) is 6.10. The maximum atomic E-state index is 11.6. The summed E-state index contributed by atoms with van der Waals surface area (Å²) in [6, 6.07) is 0. The van der Waals surface area contributed by atoms with Gasteiger partial charge in [0.2, 0.25) is 17.0 Å². The van der Waals surface area contributed by atoms with Crippen molar-refractivity contribution in [3.63, 3.8) is 0 Å². The highest BCUT2D eigenvalue weighted by atomic mass is 35.5. The first-order chi connectivity index (χ1) is 9.40. The molecular weight excluding hydrogens is 286 g/mol. The van der Waals surface area contributed by atoms with Gasteiger partial charge in [-0.05, 0) is 32.4 Å². The molecule has 0 radical (unpaired) electrons. The number of hydrogen-bond donors (Lipinski definition) is 1. The van der Waals surface area contributed by atoms with Gasteiger partial charge in [0.05, 0.1) is 11.5 Å². The van der Waals surface area contributed by atoms with E-state index in [9.17, 15) is 14.9 Å². The average molecular weight is 302 g/mol. The summed E-state index contributed by atoms with van der Waals surface area (Å²) in [5.41, 5.74) is -0.0695. The van der Waals surface area contributed by atoms with E-state index in [1.54, 1.807) is 13.8 Å². The van der Waals surface area contributed by atoms with Crippen LogP contribution in [0.4, 0.5) is 11.5 Å². The van der Waals surface area contributed by atoms with E-state index in [-0.39, 0.29) is 34.9 Å². The van der Waals surface area contributed by atoms with Crippen LogP contribution in [0.25, 0.3) is 0 Å².